The predicted molar refractivity (Wildman–Crippen MR) is 64.4 cm³/mol. The molecule has 1 aromatic rings. The first-order valence-corrected chi connectivity index (χ1v) is 5.94. The van der Waals surface area contributed by atoms with Gasteiger partial charge in [-0.25, -0.2) is 0 Å². The number of hydrogen-bond donors (Lipinski definition) is 1. The smallest absolute Gasteiger partial charge is 0.229 e. The van der Waals surface area contributed by atoms with E-state index < -0.39 is 11.8 Å². The van der Waals surface area contributed by atoms with Crippen molar-refractivity contribution < 1.29 is 9.59 Å². The lowest BCUT2D eigenvalue weighted by Gasteiger charge is -2.15. The van der Waals surface area contributed by atoms with Crippen LogP contribution in [0.4, 0.5) is 5.82 Å². The van der Waals surface area contributed by atoms with Crippen LogP contribution in [0.5, 0.6) is 0 Å². The van der Waals surface area contributed by atoms with Crippen LogP contribution in [0, 0.1) is 5.92 Å². The molecule has 1 unspecified atom stereocenters. The van der Waals surface area contributed by atoms with Gasteiger partial charge in [0.05, 0.1) is 10.4 Å². The minimum atomic E-state index is -0.487. The lowest BCUT2D eigenvalue weighted by molar-refractivity contribution is -0.123. The summed E-state index contributed by atoms with van der Waals surface area (Å²) in [7, 11) is 0. The molecule has 1 aliphatic rings. The van der Waals surface area contributed by atoms with Crippen LogP contribution >= 0.6 is 27.5 Å². The van der Waals surface area contributed by atoms with E-state index in [2.05, 4.69) is 26.1 Å². The Morgan fingerprint density at radius 2 is 2.29 bits per heavy atom. The van der Waals surface area contributed by atoms with Crippen molar-refractivity contribution in [1.82, 2.24) is 10.2 Å². The van der Waals surface area contributed by atoms with E-state index >= 15 is 0 Å². The molecule has 0 saturated carbocycles. The van der Waals surface area contributed by atoms with Crippen LogP contribution in [-0.4, -0.2) is 28.6 Å². The molecule has 2 N–H and O–H groups in total. The maximum Gasteiger partial charge on any atom is 0.229 e. The summed E-state index contributed by atoms with van der Waals surface area (Å²) in [6.45, 7) is 0.225. The number of anilines is 1. The summed E-state index contributed by atoms with van der Waals surface area (Å²) >= 11 is 8.90. The third-order valence-corrected chi connectivity index (χ3v) is 3.25. The fourth-order valence-electron chi connectivity index (χ4n) is 1.63. The number of hydrogen-bond acceptors (Lipinski definition) is 4. The molecule has 0 aliphatic carbocycles. The molecule has 2 heterocycles. The van der Waals surface area contributed by atoms with Crippen LogP contribution < -0.4 is 10.6 Å². The highest BCUT2D eigenvalue weighted by atomic mass is 79.9. The van der Waals surface area contributed by atoms with Crippen LogP contribution in [0.15, 0.2) is 10.5 Å². The number of rotatable bonds is 2. The molecule has 8 heteroatoms. The Bertz CT molecular complexity index is 496. The molecule has 17 heavy (non-hydrogen) atoms. The standard InChI is InChI=1S/C9H8BrClN4O2/c10-5-2-6(11)13-14-9(5)15-3-4(8(12)17)1-7(15)16/h2,4H,1,3H2,(H2,12,17). The number of halogens is 2. The van der Waals surface area contributed by atoms with E-state index in [4.69, 9.17) is 17.3 Å². The second-order valence-corrected chi connectivity index (χ2v) is 4.89. The van der Waals surface area contributed by atoms with E-state index in [1.807, 2.05) is 0 Å². The summed E-state index contributed by atoms with van der Waals surface area (Å²) in [5, 5.41) is 7.71. The van der Waals surface area contributed by atoms with Crippen LogP contribution in [0.1, 0.15) is 6.42 Å². The van der Waals surface area contributed by atoms with Crippen molar-refractivity contribution in [3.05, 3.63) is 15.7 Å². The SMILES string of the molecule is NC(=O)C1CC(=O)N(c2nnc(Cl)cc2Br)C1. The molecule has 6 nitrogen and oxygen atoms in total. The largest absolute Gasteiger partial charge is 0.369 e. The monoisotopic (exact) mass is 318 g/mol. The van der Waals surface area contributed by atoms with Gasteiger partial charge in [0.25, 0.3) is 0 Å². The van der Waals surface area contributed by atoms with Crippen LogP contribution in [0.25, 0.3) is 0 Å². The van der Waals surface area contributed by atoms with Gasteiger partial charge in [0.15, 0.2) is 11.0 Å². The number of primary amides is 1. The summed E-state index contributed by atoms with van der Waals surface area (Å²) in [6.07, 6.45) is 0.103. The lowest BCUT2D eigenvalue weighted by atomic mass is 10.1. The number of aromatic nitrogens is 2. The van der Waals surface area contributed by atoms with E-state index in [1.165, 1.54) is 11.0 Å². The van der Waals surface area contributed by atoms with Crippen molar-refractivity contribution in [2.75, 3.05) is 11.4 Å². The molecule has 90 valence electrons. The molecule has 0 bridgehead atoms. The van der Waals surface area contributed by atoms with Gasteiger partial charge in [-0.1, -0.05) is 11.6 Å². The molecular formula is C9H8BrClN4O2. The summed E-state index contributed by atoms with van der Waals surface area (Å²) in [4.78, 5) is 24.1. The van der Waals surface area contributed by atoms with Crippen molar-refractivity contribution in [3.63, 3.8) is 0 Å². The molecule has 0 spiro atoms. The zero-order chi connectivity index (χ0) is 12.6. The highest BCUT2D eigenvalue weighted by Gasteiger charge is 2.35. The molecule has 1 atom stereocenters. The maximum atomic E-state index is 11.7. The third-order valence-electron chi connectivity index (χ3n) is 2.48. The summed E-state index contributed by atoms with van der Waals surface area (Å²) in [5.74, 6) is -0.819. The molecule has 1 fully saturated rings. The first-order chi connectivity index (χ1) is 7.99. The molecule has 1 saturated heterocycles. The number of nitrogens with zero attached hydrogens (tertiary/aromatic N) is 3. The Morgan fingerprint density at radius 1 is 1.59 bits per heavy atom. The molecular weight excluding hydrogens is 311 g/mol. The summed E-state index contributed by atoms with van der Waals surface area (Å²) in [6, 6.07) is 1.54. The van der Waals surface area contributed by atoms with E-state index in [1.54, 1.807) is 0 Å². The zero-order valence-electron chi connectivity index (χ0n) is 8.56. The first kappa shape index (κ1) is 12.3. The van der Waals surface area contributed by atoms with E-state index in [9.17, 15) is 9.59 Å². The van der Waals surface area contributed by atoms with Crippen molar-refractivity contribution >= 4 is 45.2 Å². The summed E-state index contributed by atoms with van der Waals surface area (Å²) < 4.78 is 0.552. The average Bonchev–Trinajstić information content (AvgIpc) is 2.61. The molecule has 0 radical (unpaired) electrons. The number of carbonyl (C=O) groups is 2. The van der Waals surface area contributed by atoms with Crippen LogP contribution in [-0.2, 0) is 9.59 Å². The molecule has 0 aromatic carbocycles. The van der Waals surface area contributed by atoms with Crippen molar-refractivity contribution in [1.29, 1.82) is 0 Å². The number of amides is 2. The molecule has 1 aromatic heterocycles. The normalized spacial score (nSPS) is 19.8. The highest BCUT2D eigenvalue weighted by Crippen LogP contribution is 2.30. The maximum absolute atomic E-state index is 11.7. The minimum absolute atomic E-state index is 0.103. The van der Waals surface area contributed by atoms with Gasteiger partial charge in [-0.15, -0.1) is 10.2 Å². The van der Waals surface area contributed by atoms with E-state index in [0.29, 0.717) is 10.3 Å². The fourth-order valence-corrected chi connectivity index (χ4v) is 2.42. The second kappa shape index (κ2) is 4.58. The van der Waals surface area contributed by atoms with E-state index in [-0.39, 0.29) is 24.0 Å². The topological polar surface area (TPSA) is 89.2 Å². The van der Waals surface area contributed by atoms with Crippen molar-refractivity contribution in [2.24, 2.45) is 11.7 Å². The Kier molecular flexibility index (Phi) is 3.30. The first-order valence-electron chi connectivity index (χ1n) is 4.77. The fraction of sp³-hybridized carbons (Fsp3) is 0.333. The highest BCUT2D eigenvalue weighted by molar-refractivity contribution is 9.10. The number of carbonyl (C=O) groups excluding carboxylic acids is 2. The van der Waals surface area contributed by atoms with Crippen molar-refractivity contribution in [3.8, 4) is 0 Å². The number of nitrogens with two attached hydrogens (primary N) is 1. The minimum Gasteiger partial charge on any atom is -0.369 e. The molecule has 2 rings (SSSR count). The van der Waals surface area contributed by atoms with Gasteiger partial charge >= 0.3 is 0 Å². The van der Waals surface area contributed by atoms with Gasteiger partial charge < -0.3 is 5.73 Å². The second-order valence-electron chi connectivity index (χ2n) is 3.65. The zero-order valence-corrected chi connectivity index (χ0v) is 10.9. The van der Waals surface area contributed by atoms with Gasteiger partial charge in [-0.3, -0.25) is 14.5 Å². The van der Waals surface area contributed by atoms with Gasteiger partial charge in [0, 0.05) is 13.0 Å². The van der Waals surface area contributed by atoms with Gasteiger partial charge in [-0.05, 0) is 22.0 Å². The van der Waals surface area contributed by atoms with E-state index in [0.717, 1.165) is 0 Å². The Labute approximate surface area is 110 Å². The van der Waals surface area contributed by atoms with Gasteiger partial charge in [-0.2, -0.15) is 0 Å². The third kappa shape index (κ3) is 2.39. The van der Waals surface area contributed by atoms with Gasteiger partial charge in [0.1, 0.15) is 0 Å². The summed E-state index contributed by atoms with van der Waals surface area (Å²) in [5.41, 5.74) is 5.18. The lowest BCUT2D eigenvalue weighted by Crippen LogP contribution is -2.29. The van der Waals surface area contributed by atoms with Crippen molar-refractivity contribution in [2.45, 2.75) is 6.42 Å². The van der Waals surface area contributed by atoms with Crippen LogP contribution in [0.3, 0.4) is 0 Å². The van der Waals surface area contributed by atoms with Gasteiger partial charge in [0.2, 0.25) is 11.8 Å². The Hall–Kier alpha value is -1.21. The average molecular weight is 320 g/mol. The predicted octanol–water partition coefficient (Wildman–Crippen LogP) is 0.731. The Balaban J connectivity index is 2.29. The Morgan fingerprint density at radius 3 is 2.82 bits per heavy atom. The quantitative estimate of drug-likeness (QED) is 0.870. The molecule has 1 aliphatic heterocycles. The molecule has 2 amide bonds. The van der Waals surface area contributed by atoms with Crippen LogP contribution in [0.2, 0.25) is 5.15 Å².